The number of imidazole rings is 2. The number of quaternary nitrogens is 1. The molecule has 3 aromatic rings. The van der Waals surface area contributed by atoms with Crippen molar-refractivity contribution in [3.63, 3.8) is 0 Å². The zero-order chi connectivity index (χ0) is 41.8. The van der Waals surface area contributed by atoms with Gasteiger partial charge in [-0.25, -0.2) is 23.2 Å². The van der Waals surface area contributed by atoms with Crippen LogP contribution in [0.2, 0.25) is 0 Å². The van der Waals surface area contributed by atoms with E-state index in [0.717, 1.165) is 0 Å². The van der Waals surface area contributed by atoms with Crippen LogP contribution in [0, 0.1) is 0 Å². The number of nitrogen functional groups attached to an aromatic ring is 1. The molecule has 5 unspecified atom stereocenters. The number of anilines is 1. The molecule has 2 fully saturated rings. The van der Waals surface area contributed by atoms with Crippen LogP contribution in [0.4, 0.5) is 11.8 Å². The Labute approximate surface area is 323 Å². The van der Waals surface area contributed by atoms with Crippen molar-refractivity contribution in [2.75, 3.05) is 66.3 Å². The third-order valence-corrected chi connectivity index (χ3v) is 13.1. The summed E-state index contributed by atoms with van der Waals surface area (Å²) in [5.41, 5.74) is 12.0. The Morgan fingerprint density at radius 1 is 1.04 bits per heavy atom. The molecule has 0 amide bonds. The first-order valence-electron chi connectivity index (χ1n) is 16.9. The summed E-state index contributed by atoms with van der Waals surface area (Å²) in [7, 11) is -9.44. The van der Waals surface area contributed by atoms with Crippen molar-refractivity contribution in [2.45, 2.75) is 36.9 Å². The summed E-state index contributed by atoms with van der Waals surface area (Å²) in [6.45, 7) is 3.74. The van der Waals surface area contributed by atoms with E-state index in [0.29, 0.717) is 29.8 Å². The fraction of sp³-hybridized carbons (Fsp3) is 0.593. The number of nitrogens with zero attached hydrogens (tertiary/aromatic N) is 8. The Balaban J connectivity index is 1.07. The van der Waals surface area contributed by atoms with Crippen LogP contribution < -0.4 is 26.9 Å². The number of nitrogens with one attached hydrogen (secondary N) is 2. The first kappa shape index (κ1) is 43.1. The largest absolute Gasteiger partial charge is 0.490 e. The number of aliphatic hydroxyl groups excluding tert-OH is 2. The predicted octanol–water partition coefficient (Wildman–Crippen LogP) is -2.56. The lowest BCUT2D eigenvalue weighted by Crippen LogP contribution is -2.57. The number of hydrogen-bond donors (Lipinski definition) is 9. The lowest BCUT2D eigenvalue weighted by atomic mass is 10.1. The third-order valence-electron chi connectivity index (χ3n) is 8.82. The number of likely N-dealkylation sites (N-methyl/N-ethyl adjacent to an activating group) is 1. The molecule has 0 bridgehead atoms. The fourth-order valence-corrected chi connectivity index (χ4v) is 9.77. The van der Waals surface area contributed by atoms with E-state index in [1.807, 2.05) is 26.0 Å². The number of hydrogen-bond acceptors (Lipinski definition) is 19. The highest BCUT2D eigenvalue weighted by molar-refractivity contribution is 7.66. The van der Waals surface area contributed by atoms with Crippen molar-refractivity contribution in [3.05, 3.63) is 35.3 Å². The van der Waals surface area contributed by atoms with Gasteiger partial charge in [-0.2, -0.15) is 13.6 Å². The summed E-state index contributed by atoms with van der Waals surface area (Å²) in [5.74, 6) is -0.0530. The number of fused-ring (bicyclic) bond motifs is 2. The molecule has 6 rings (SSSR count). The number of phosphoric ester groups is 2. The van der Waals surface area contributed by atoms with E-state index < -0.39 is 79.1 Å². The van der Waals surface area contributed by atoms with Crippen molar-refractivity contribution in [2.24, 2.45) is 17.8 Å². The van der Waals surface area contributed by atoms with E-state index >= 15 is 0 Å². The van der Waals surface area contributed by atoms with Crippen molar-refractivity contribution in [1.29, 1.82) is 0 Å². The zero-order valence-corrected chi connectivity index (χ0v) is 33.6. The number of rotatable bonds is 15. The minimum atomic E-state index is -5.90. The summed E-state index contributed by atoms with van der Waals surface area (Å²) >= 11 is 0. The summed E-state index contributed by atoms with van der Waals surface area (Å²) in [6.07, 6.45) is -5.27. The minimum absolute atomic E-state index is 0.0394. The van der Waals surface area contributed by atoms with Crippen LogP contribution in [0.3, 0.4) is 0 Å². The topological polar surface area (TPSA) is 360 Å². The number of aliphatic imine (C=N–C) groups is 1. The average Bonchev–Trinajstić information content (AvgIpc) is 3.73. The van der Waals surface area contributed by atoms with E-state index in [-0.39, 0.29) is 41.1 Å². The van der Waals surface area contributed by atoms with Crippen molar-refractivity contribution in [1.82, 2.24) is 34.3 Å². The highest BCUT2D eigenvalue weighted by Gasteiger charge is 2.48. The standard InChI is InChI=1S/C27H43N12O15P3/c1-14-18-22(32-26(28)31-14)37(12-30-18)25-21(41)20(40)16(52-25)11-50-56(45,46)54-57(47,48)53-55(43,44)49-10-15-8-36(6-7-39(3,4)5)9-17(51-15)38-13-35(2)19-23(38)33-27(29)34-24(19)42/h12-13,15-17,20-21,25,40-41H,1,6-11H2,2-5H3,(H7-2,28,29,31,32,33,34,42,43,44,45,46,47,48)/p+2/t15-,16?,17?,20+,21+,25+/m0/s1. The number of aliphatic hydroxyl groups is 2. The first-order chi connectivity index (χ1) is 26.4. The van der Waals surface area contributed by atoms with Gasteiger partial charge in [0, 0.05) is 13.1 Å². The second kappa shape index (κ2) is 16.0. The lowest BCUT2D eigenvalue weighted by molar-refractivity contribution is -0.870. The number of aryl methyl sites for hydroxylation is 1. The molecule has 316 valence electrons. The zero-order valence-electron chi connectivity index (χ0n) is 31.0. The average molecular weight is 871 g/mol. The number of aromatic amines is 1. The van der Waals surface area contributed by atoms with Gasteiger partial charge in [-0.1, -0.05) is 11.6 Å². The van der Waals surface area contributed by atoms with Gasteiger partial charge in [0.1, 0.15) is 24.0 Å². The van der Waals surface area contributed by atoms with Gasteiger partial charge in [0.2, 0.25) is 5.52 Å². The molecule has 2 saturated heterocycles. The van der Waals surface area contributed by atoms with Crippen LogP contribution >= 0.6 is 23.5 Å². The molecule has 0 aliphatic carbocycles. The van der Waals surface area contributed by atoms with E-state index in [9.17, 15) is 43.4 Å². The number of nitrogens with two attached hydrogens (primary N) is 2. The Hall–Kier alpha value is -3.46. The normalized spacial score (nSPS) is 27.7. The molecule has 0 saturated carbocycles. The van der Waals surface area contributed by atoms with Gasteiger partial charge in [-0.05, 0) is 0 Å². The Morgan fingerprint density at radius 2 is 1.70 bits per heavy atom. The van der Waals surface area contributed by atoms with Crippen LogP contribution in [-0.4, -0.2) is 149 Å². The molecule has 6 heterocycles. The van der Waals surface area contributed by atoms with Gasteiger partial charge in [0.05, 0.1) is 72.6 Å². The summed E-state index contributed by atoms with van der Waals surface area (Å²) in [6, 6.07) is 0. The molecule has 3 aliphatic heterocycles. The molecule has 3 aromatic heterocycles. The predicted molar refractivity (Wildman–Crippen MR) is 194 cm³/mol. The number of morpholine rings is 1. The maximum absolute atomic E-state index is 12.9. The van der Waals surface area contributed by atoms with Gasteiger partial charge < -0.3 is 55.6 Å². The maximum Gasteiger partial charge on any atom is 0.490 e. The summed E-state index contributed by atoms with van der Waals surface area (Å²) in [5, 5.41) is 23.9. The molecule has 0 aromatic carbocycles. The Kier molecular flexibility index (Phi) is 12.1. The van der Waals surface area contributed by atoms with Crippen LogP contribution in [0.25, 0.3) is 16.9 Å². The van der Waals surface area contributed by atoms with E-state index in [2.05, 4.69) is 40.5 Å². The van der Waals surface area contributed by atoms with Crippen LogP contribution in [-0.2, 0) is 47.9 Å². The van der Waals surface area contributed by atoms with Crippen LogP contribution in [0.5, 0.6) is 0 Å². The fourth-order valence-electron chi connectivity index (χ4n) is 6.23. The lowest BCUT2D eigenvalue weighted by Gasteiger charge is -2.38. The molecule has 11 N–H and O–H groups in total. The Bertz CT molecular complexity index is 2260. The molecule has 57 heavy (non-hydrogen) atoms. The van der Waals surface area contributed by atoms with Crippen LogP contribution in [0.15, 0.2) is 29.0 Å². The summed E-state index contributed by atoms with van der Waals surface area (Å²) < 4.78 is 73.1. The second-order valence-electron chi connectivity index (χ2n) is 14.4. The molecule has 30 heteroatoms. The SMILES string of the molecule is C=C1NC(N)=Nc2c1ncn2[C@@H]1OC(COP(=O)(O)OP(=O)(O)OP(=O)(O)OC[C@@H]2CN(CC[N+](C)(C)C)CC([n+]3cn(C)c4c(=O)[nH]c(N)nc43)O2)[C@@H](O)[C@H]1O. The molecule has 0 spiro atoms. The van der Waals surface area contributed by atoms with Gasteiger partial charge in [0.15, 0.2) is 30.6 Å². The Morgan fingerprint density at radius 3 is 2.37 bits per heavy atom. The van der Waals surface area contributed by atoms with E-state index in [1.54, 1.807) is 17.9 Å². The number of phosphoric acid groups is 3. The van der Waals surface area contributed by atoms with Gasteiger partial charge in [-0.3, -0.25) is 32.9 Å². The monoisotopic (exact) mass is 870 g/mol. The van der Waals surface area contributed by atoms with E-state index in [4.69, 9.17) is 30.0 Å². The van der Waals surface area contributed by atoms with Gasteiger partial charge in [-0.15, -0.1) is 0 Å². The molecular formula is C27H45N12O15P3+2. The molecule has 27 nitrogen and oxygen atoms in total. The second-order valence-corrected chi connectivity index (χ2v) is 19.0. The van der Waals surface area contributed by atoms with E-state index in [1.165, 1.54) is 15.5 Å². The highest BCUT2D eigenvalue weighted by atomic mass is 31.3. The van der Waals surface area contributed by atoms with Crippen molar-refractivity contribution in [3.8, 4) is 0 Å². The first-order valence-corrected chi connectivity index (χ1v) is 21.4. The molecule has 9 atom stereocenters. The minimum Gasteiger partial charge on any atom is -0.387 e. The van der Waals surface area contributed by atoms with Crippen molar-refractivity contribution < 1.29 is 74.8 Å². The van der Waals surface area contributed by atoms with Gasteiger partial charge in [0.25, 0.3) is 11.5 Å². The highest BCUT2D eigenvalue weighted by Crippen LogP contribution is 2.67. The maximum atomic E-state index is 12.9. The third kappa shape index (κ3) is 10.1. The van der Waals surface area contributed by atoms with Crippen molar-refractivity contribution >= 4 is 58.1 Å². The number of H-pyrrole nitrogens is 1. The number of aromatic nitrogens is 6. The van der Waals surface area contributed by atoms with Gasteiger partial charge >= 0.3 is 29.1 Å². The number of ether oxygens (including phenoxy) is 2. The quantitative estimate of drug-likeness (QED) is 0.0431. The molecule has 3 aliphatic rings. The number of guanidine groups is 1. The molecule has 0 radical (unpaired) electrons. The molecular weight excluding hydrogens is 825 g/mol. The smallest absolute Gasteiger partial charge is 0.387 e. The van der Waals surface area contributed by atoms with Crippen LogP contribution in [0.1, 0.15) is 18.1 Å². The summed E-state index contributed by atoms with van der Waals surface area (Å²) in [4.78, 5) is 60.3.